The average molecular weight is 592 g/mol. The van der Waals surface area contributed by atoms with Gasteiger partial charge in [-0.3, -0.25) is 0 Å². The number of aromatic nitrogens is 2. The molecule has 0 aliphatic rings. The molecular weight excluding hydrogens is 572 g/mol. The van der Waals surface area contributed by atoms with Gasteiger partial charge >= 0.3 is 11.4 Å². The van der Waals surface area contributed by atoms with Crippen LogP contribution in [-0.2, 0) is 19.8 Å². The lowest BCUT2D eigenvalue weighted by Gasteiger charge is -2.18. The van der Waals surface area contributed by atoms with Gasteiger partial charge in [-0.2, -0.15) is 0 Å². The Labute approximate surface area is 211 Å². The molecular formula is C24H20Br2N2O6. The van der Waals surface area contributed by atoms with E-state index in [9.17, 15) is 9.59 Å². The van der Waals surface area contributed by atoms with Gasteiger partial charge in [0.25, 0.3) is 0 Å². The number of H-pyrrole nitrogens is 1. The monoisotopic (exact) mass is 590 g/mol. The molecule has 0 amide bonds. The van der Waals surface area contributed by atoms with E-state index in [1.54, 1.807) is 12.1 Å². The molecule has 10 heteroatoms. The number of hydrogen-bond acceptors (Lipinski definition) is 6. The molecule has 176 valence electrons. The number of benzene rings is 3. The molecule has 0 saturated carbocycles. The van der Waals surface area contributed by atoms with Crippen LogP contribution in [0.5, 0.6) is 17.2 Å². The van der Waals surface area contributed by atoms with Gasteiger partial charge in [0.1, 0.15) is 13.2 Å². The van der Waals surface area contributed by atoms with Gasteiger partial charge < -0.3 is 18.7 Å². The summed E-state index contributed by atoms with van der Waals surface area (Å²) in [5.41, 5.74) is 1.89. The van der Waals surface area contributed by atoms with Gasteiger partial charge in [-0.05, 0) is 53.1 Å². The number of nitrogens with zero attached hydrogens (tertiary/aromatic N) is 1. The average Bonchev–Trinajstić information content (AvgIpc) is 3.12. The van der Waals surface area contributed by atoms with E-state index in [1.165, 1.54) is 7.11 Å². The molecule has 0 unspecified atom stereocenters. The second-order valence-electron chi connectivity index (χ2n) is 7.31. The lowest BCUT2D eigenvalue weighted by molar-refractivity contribution is 0.241. The Morgan fingerprint density at radius 1 is 0.853 bits per heavy atom. The summed E-state index contributed by atoms with van der Waals surface area (Å²) in [5.74, 6) is 0.444. The van der Waals surface area contributed by atoms with Crippen LogP contribution < -0.4 is 25.7 Å². The maximum absolute atomic E-state index is 11.9. The van der Waals surface area contributed by atoms with E-state index in [2.05, 4.69) is 36.8 Å². The SMILES string of the molecule is COc1cc(Cn2oc(=O)[nH]c2=O)cc(OCc2cccc(Br)c2)c1OCc1cccc(Br)c1. The van der Waals surface area contributed by atoms with E-state index in [4.69, 9.17) is 18.7 Å². The van der Waals surface area contributed by atoms with E-state index >= 15 is 0 Å². The predicted octanol–water partition coefficient (Wildman–Crippen LogP) is 4.87. The zero-order valence-electron chi connectivity index (χ0n) is 18.0. The van der Waals surface area contributed by atoms with Crippen LogP contribution in [0.25, 0.3) is 0 Å². The van der Waals surface area contributed by atoms with Gasteiger partial charge in [-0.25, -0.2) is 14.6 Å². The molecule has 0 saturated heterocycles. The highest BCUT2D eigenvalue weighted by atomic mass is 79.9. The number of methoxy groups -OCH3 is 1. The van der Waals surface area contributed by atoms with Gasteiger partial charge in [-0.15, -0.1) is 4.74 Å². The van der Waals surface area contributed by atoms with Crippen LogP contribution in [0.3, 0.4) is 0 Å². The van der Waals surface area contributed by atoms with Gasteiger partial charge in [0.05, 0.1) is 13.7 Å². The highest BCUT2D eigenvalue weighted by Gasteiger charge is 2.17. The van der Waals surface area contributed by atoms with Crippen molar-refractivity contribution in [1.29, 1.82) is 0 Å². The van der Waals surface area contributed by atoms with Crippen molar-refractivity contribution in [2.24, 2.45) is 0 Å². The molecule has 1 N–H and O–H groups in total. The molecule has 1 aromatic heterocycles. The quantitative estimate of drug-likeness (QED) is 0.298. The third kappa shape index (κ3) is 6.00. The van der Waals surface area contributed by atoms with Crippen LogP contribution in [0, 0.1) is 0 Å². The first-order valence-electron chi connectivity index (χ1n) is 10.2. The molecule has 8 nitrogen and oxygen atoms in total. The maximum atomic E-state index is 11.9. The molecule has 34 heavy (non-hydrogen) atoms. The Bertz CT molecular complexity index is 1410. The Morgan fingerprint density at radius 2 is 1.47 bits per heavy atom. The van der Waals surface area contributed by atoms with Crippen LogP contribution >= 0.6 is 31.9 Å². The smallest absolute Gasteiger partial charge is 0.440 e. The summed E-state index contributed by atoms with van der Waals surface area (Å²) < 4.78 is 25.5. The normalized spacial score (nSPS) is 10.8. The molecule has 0 bridgehead atoms. The highest BCUT2D eigenvalue weighted by molar-refractivity contribution is 9.10. The highest BCUT2D eigenvalue weighted by Crippen LogP contribution is 2.40. The molecule has 4 rings (SSSR count). The molecule has 1 heterocycles. The Morgan fingerprint density at radius 3 is 2.03 bits per heavy atom. The number of halogens is 2. The minimum Gasteiger partial charge on any atom is -0.493 e. The van der Waals surface area contributed by atoms with Gasteiger partial charge in [0.15, 0.2) is 11.5 Å². The Balaban J connectivity index is 1.66. The van der Waals surface area contributed by atoms with E-state index < -0.39 is 11.4 Å². The zero-order valence-corrected chi connectivity index (χ0v) is 21.2. The minimum absolute atomic E-state index is 0.00703. The van der Waals surface area contributed by atoms with Crippen LogP contribution in [0.2, 0.25) is 0 Å². The van der Waals surface area contributed by atoms with Crippen molar-refractivity contribution in [3.05, 3.63) is 107 Å². The van der Waals surface area contributed by atoms with Crippen molar-refractivity contribution in [3.8, 4) is 17.2 Å². The molecule has 0 atom stereocenters. The summed E-state index contributed by atoms with van der Waals surface area (Å²) in [6.45, 7) is 0.570. The van der Waals surface area contributed by atoms with E-state index in [-0.39, 0.29) is 19.8 Å². The third-order valence-corrected chi connectivity index (χ3v) is 5.80. The molecule has 4 aromatic rings. The lowest BCUT2D eigenvalue weighted by Crippen LogP contribution is -2.17. The van der Waals surface area contributed by atoms with E-state index in [0.29, 0.717) is 22.8 Å². The molecule has 3 aromatic carbocycles. The number of aromatic amines is 1. The summed E-state index contributed by atoms with van der Waals surface area (Å²) >= 11 is 6.93. The van der Waals surface area contributed by atoms with Crippen molar-refractivity contribution >= 4 is 31.9 Å². The number of hydrogen-bond donors (Lipinski definition) is 1. The third-order valence-electron chi connectivity index (χ3n) is 4.81. The maximum Gasteiger partial charge on any atom is 0.440 e. The fourth-order valence-corrected chi connectivity index (χ4v) is 4.17. The minimum atomic E-state index is -0.822. The summed E-state index contributed by atoms with van der Waals surface area (Å²) in [7, 11) is 1.52. The second kappa shape index (κ2) is 10.8. The molecule has 0 aliphatic carbocycles. The largest absolute Gasteiger partial charge is 0.493 e. The summed E-state index contributed by atoms with van der Waals surface area (Å²) in [6, 6.07) is 19.0. The van der Waals surface area contributed by atoms with Crippen molar-refractivity contribution in [2.75, 3.05) is 7.11 Å². The van der Waals surface area contributed by atoms with Crippen LogP contribution in [0.4, 0.5) is 0 Å². The number of rotatable bonds is 9. The number of nitrogens with one attached hydrogen (secondary N) is 1. The molecule has 0 radical (unpaired) electrons. The van der Waals surface area contributed by atoms with Crippen molar-refractivity contribution in [1.82, 2.24) is 9.72 Å². The first-order chi connectivity index (χ1) is 16.4. The second-order valence-corrected chi connectivity index (χ2v) is 9.14. The van der Waals surface area contributed by atoms with Gasteiger partial charge in [0.2, 0.25) is 5.75 Å². The molecule has 0 aliphatic heterocycles. The fraction of sp³-hybridized carbons (Fsp3) is 0.167. The number of ether oxygens (including phenoxy) is 3. The van der Waals surface area contributed by atoms with Crippen LogP contribution in [-0.4, -0.2) is 16.8 Å². The zero-order chi connectivity index (χ0) is 24.1. The first kappa shape index (κ1) is 23.9. The Hall–Kier alpha value is -3.24. The molecule has 0 spiro atoms. The van der Waals surface area contributed by atoms with Crippen molar-refractivity contribution < 1.29 is 18.7 Å². The van der Waals surface area contributed by atoms with Gasteiger partial charge in [0, 0.05) is 8.95 Å². The standard InChI is InChI=1S/C24H20Br2N2O6/c1-31-20-10-17(12-28-23(29)27-24(30)34-28)11-21(32-13-15-4-2-6-18(25)8-15)22(20)33-14-16-5-3-7-19(26)9-16/h2-11H,12-14H2,1H3,(H,27,29,30). The van der Waals surface area contributed by atoms with Crippen LogP contribution in [0.1, 0.15) is 16.7 Å². The van der Waals surface area contributed by atoms with E-state index in [0.717, 1.165) is 24.8 Å². The summed E-state index contributed by atoms with van der Waals surface area (Å²) in [5, 5.41) is 0. The van der Waals surface area contributed by atoms with Crippen molar-refractivity contribution in [3.63, 3.8) is 0 Å². The van der Waals surface area contributed by atoms with Crippen molar-refractivity contribution in [2.45, 2.75) is 19.8 Å². The van der Waals surface area contributed by atoms with Crippen LogP contribution in [0.15, 0.2) is 83.7 Å². The van der Waals surface area contributed by atoms with E-state index in [1.807, 2.05) is 48.5 Å². The molecule has 0 fully saturated rings. The fourth-order valence-electron chi connectivity index (χ4n) is 3.28. The summed E-state index contributed by atoms with van der Waals surface area (Å²) in [4.78, 5) is 25.3. The first-order valence-corrected chi connectivity index (χ1v) is 11.8. The Kier molecular flexibility index (Phi) is 7.59. The lowest BCUT2D eigenvalue weighted by atomic mass is 10.1. The summed E-state index contributed by atoms with van der Waals surface area (Å²) in [6.07, 6.45) is 0. The predicted molar refractivity (Wildman–Crippen MR) is 133 cm³/mol. The topological polar surface area (TPSA) is 95.7 Å². The van der Waals surface area contributed by atoms with Gasteiger partial charge in [-0.1, -0.05) is 56.1 Å².